The summed E-state index contributed by atoms with van der Waals surface area (Å²) in [7, 11) is 3.16. The predicted molar refractivity (Wildman–Crippen MR) is 124 cm³/mol. The second-order valence-electron chi connectivity index (χ2n) is 4.79. The minimum absolute atomic E-state index is 0.896. The van der Waals surface area contributed by atoms with Crippen LogP contribution in [0.2, 0.25) is 0 Å². The molecule has 0 aliphatic carbocycles. The third-order valence-corrected chi connectivity index (χ3v) is 9.71. The summed E-state index contributed by atoms with van der Waals surface area (Å²) in [6.45, 7) is 4.34. The van der Waals surface area contributed by atoms with Crippen LogP contribution in [0.15, 0.2) is 58.3 Å². The Morgan fingerprint density at radius 3 is 1.46 bits per heavy atom. The van der Waals surface area contributed by atoms with E-state index in [1.54, 1.807) is 45.1 Å². The number of aryl methyl sites for hydroxylation is 2. The van der Waals surface area contributed by atoms with Crippen LogP contribution in [0.1, 0.15) is 25.0 Å². The lowest BCUT2D eigenvalue weighted by Crippen LogP contribution is -1.88. The standard InChI is InChI=1S/C18H18S6/c1-3-13-9-5-7-11-15(13)21-17(19)23-24-18(20)22-16-12-8-6-10-14(16)4-2/h5-12H,3-4H2,1-2H3. The van der Waals surface area contributed by atoms with E-state index in [4.69, 9.17) is 24.4 Å². The molecule has 0 atom stereocenters. The molecule has 2 aromatic carbocycles. The molecule has 0 aromatic heterocycles. The van der Waals surface area contributed by atoms with Crippen molar-refractivity contribution in [3.05, 3.63) is 59.7 Å². The summed E-state index contributed by atoms with van der Waals surface area (Å²) < 4.78 is 1.79. The van der Waals surface area contributed by atoms with Gasteiger partial charge in [0, 0.05) is 9.79 Å². The maximum Gasteiger partial charge on any atom is 0.119 e. The topological polar surface area (TPSA) is 0 Å². The third kappa shape index (κ3) is 6.39. The first kappa shape index (κ1) is 20.3. The average Bonchev–Trinajstić information content (AvgIpc) is 2.61. The molecule has 0 amide bonds. The Labute approximate surface area is 171 Å². The number of hydrogen-bond acceptors (Lipinski definition) is 6. The van der Waals surface area contributed by atoms with E-state index >= 15 is 0 Å². The summed E-state index contributed by atoms with van der Waals surface area (Å²) in [4.78, 5) is 2.49. The molecule has 0 fully saturated rings. The summed E-state index contributed by atoms with van der Waals surface area (Å²) in [5, 5.41) is 0. The van der Waals surface area contributed by atoms with Gasteiger partial charge in [-0.25, -0.2) is 0 Å². The maximum absolute atomic E-state index is 5.51. The molecular weight excluding hydrogens is 409 g/mol. The summed E-state index contributed by atoms with van der Waals surface area (Å²) in [5.41, 5.74) is 2.67. The van der Waals surface area contributed by atoms with Crippen LogP contribution < -0.4 is 0 Å². The quantitative estimate of drug-likeness (QED) is 0.278. The van der Waals surface area contributed by atoms with Gasteiger partial charge in [-0.1, -0.05) is 98.2 Å². The smallest absolute Gasteiger partial charge is 0.0703 e. The first-order valence-electron chi connectivity index (χ1n) is 7.58. The molecule has 0 unspecified atom stereocenters. The highest BCUT2D eigenvalue weighted by Crippen LogP contribution is 2.40. The SMILES string of the molecule is CCc1ccccc1SC(=S)SSC(=S)Sc1ccccc1CC. The first-order chi connectivity index (χ1) is 11.6. The summed E-state index contributed by atoms with van der Waals surface area (Å²) in [6, 6.07) is 16.8. The van der Waals surface area contributed by atoms with Crippen molar-refractivity contribution in [2.24, 2.45) is 0 Å². The van der Waals surface area contributed by atoms with Crippen LogP contribution in [0.4, 0.5) is 0 Å². The summed E-state index contributed by atoms with van der Waals surface area (Å²) >= 11 is 14.3. The second kappa shape index (κ2) is 10.9. The highest BCUT2D eigenvalue weighted by molar-refractivity contribution is 8.96. The van der Waals surface area contributed by atoms with Crippen molar-refractivity contribution >= 4 is 76.6 Å². The van der Waals surface area contributed by atoms with E-state index in [1.165, 1.54) is 20.9 Å². The Morgan fingerprint density at radius 1 is 0.708 bits per heavy atom. The zero-order chi connectivity index (χ0) is 17.4. The molecule has 0 spiro atoms. The van der Waals surface area contributed by atoms with Gasteiger partial charge in [-0.05, 0) is 57.7 Å². The molecule has 126 valence electrons. The van der Waals surface area contributed by atoms with Gasteiger partial charge in [0.15, 0.2) is 0 Å². The molecule has 0 saturated carbocycles. The van der Waals surface area contributed by atoms with E-state index in [9.17, 15) is 0 Å². The molecule has 2 aromatic rings. The number of rotatable bonds is 4. The predicted octanol–water partition coefficient (Wildman–Crippen LogP) is 7.65. The van der Waals surface area contributed by atoms with Crippen molar-refractivity contribution in [1.82, 2.24) is 0 Å². The average molecular weight is 427 g/mol. The van der Waals surface area contributed by atoms with Crippen LogP contribution in [0, 0.1) is 0 Å². The lowest BCUT2D eigenvalue weighted by molar-refractivity contribution is 1.08. The van der Waals surface area contributed by atoms with Crippen molar-refractivity contribution in [2.75, 3.05) is 0 Å². The molecule has 0 saturated heterocycles. The summed E-state index contributed by atoms with van der Waals surface area (Å²) in [6.07, 6.45) is 2.04. The van der Waals surface area contributed by atoms with Crippen molar-refractivity contribution in [3.8, 4) is 0 Å². The lowest BCUT2D eigenvalue weighted by atomic mass is 10.2. The van der Waals surface area contributed by atoms with Gasteiger partial charge in [-0.15, -0.1) is 0 Å². The summed E-state index contributed by atoms with van der Waals surface area (Å²) in [5.74, 6) is 0. The Kier molecular flexibility index (Phi) is 9.22. The Morgan fingerprint density at radius 2 is 1.08 bits per heavy atom. The Hall–Kier alpha value is 0.0200. The minimum Gasteiger partial charge on any atom is -0.0703 e. The monoisotopic (exact) mass is 426 g/mol. The third-order valence-electron chi connectivity index (χ3n) is 3.27. The van der Waals surface area contributed by atoms with Crippen LogP contribution in [0.25, 0.3) is 0 Å². The largest absolute Gasteiger partial charge is 0.119 e. The molecule has 0 heterocycles. The van der Waals surface area contributed by atoms with Gasteiger partial charge in [0.25, 0.3) is 0 Å². The van der Waals surface area contributed by atoms with E-state index < -0.39 is 0 Å². The van der Waals surface area contributed by atoms with E-state index in [-0.39, 0.29) is 0 Å². The van der Waals surface area contributed by atoms with Crippen molar-refractivity contribution in [1.29, 1.82) is 0 Å². The number of benzene rings is 2. The lowest BCUT2D eigenvalue weighted by Gasteiger charge is -2.09. The molecule has 0 bridgehead atoms. The van der Waals surface area contributed by atoms with Gasteiger partial charge in [0.1, 0.15) is 7.06 Å². The van der Waals surface area contributed by atoms with E-state index in [1.807, 2.05) is 0 Å². The molecular formula is C18H18S6. The normalized spacial score (nSPS) is 10.6. The number of thiocarbonyl (C=S) groups is 2. The van der Waals surface area contributed by atoms with E-state index in [0.717, 1.165) is 19.9 Å². The van der Waals surface area contributed by atoms with Crippen molar-refractivity contribution < 1.29 is 0 Å². The van der Waals surface area contributed by atoms with Gasteiger partial charge in [-0.3, -0.25) is 0 Å². The fourth-order valence-electron chi connectivity index (χ4n) is 2.07. The zero-order valence-electron chi connectivity index (χ0n) is 13.5. The van der Waals surface area contributed by atoms with Crippen LogP contribution in [0.5, 0.6) is 0 Å². The zero-order valence-corrected chi connectivity index (χ0v) is 18.4. The number of thioether (sulfide) groups is 2. The van der Waals surface area contributed by atoms with Gasteiger partial charge >= 0.3 is 0 Å². The van der Waals surface area contributed by atoms with E-state index in [0.29, 0.717) is 0 Å². The highest BCUT2D eigenvalue weighted by atomic mass is 33.1. The van der Waals surface area contributed by atoms with Crippen LogP contribution >= 0.6 is 69.5 Å². The van der Waals surface area contributed by atoms with Gasteiger partial charge < -0.3 is 0 Å². The van der Waals surface area contributed by atoms with Crippen molar-refractivity contribution in [3.63, 3.8) is 0 Å². The fraction of sp³-hybridized carbons (Fsp3) is 0.222. The molecule has 0 N–H and O–H groups in total. The molecule has 0 aliphatic heterocycles. The molecule has 0 aliphatic rings. The molecule has 0 nitrogen and oxygen atoms in total. The molecule has 24 heavy (non-hydrogen) atoms. The molecule has 0 radical (unpaired) electrons. The highest BCUT2D eigenvalue weighted by Gasteiger charge is 2.10. The Balaban J connectivity index is 1.86. The first-order valence-corrected chi connectivity index (χ1v) is 12.2. The van der Waals surface area contributed by atoms with Crippen LogP contribution in [-0.2, 0) is 12.8 Å². The molecule has 2 rings (SSSR count). The van der Waals surface area contributed by atoms with Gasteiger partial charge in [0.2, 0.25) is 0 Å². The fourth-order valence-corrected chi connectivity index (χ4v) is 7.14. The second-order valence-corrected chi connectivity index (χ2v) is 11.4. The Bertz CT molecular complexity index is 649. The van der Waals surface area contributed by atoms with Crippen molar-refractivity contribution in [2.45, 2.75) is 36.5 Å². The van der Waals surface area contributed by atoms with Gasteiger partial charge in [0.05, 0.1) is 0 Å². The molecule has 6 heteroatoms. The van der Waals surface area contributed by atoms with Crippen LogP contribution in [0.3, 0.4) is 0 Å². The van der Waals surface area contributed by atoms with Gasteiger partial charge in [-0.2, -0.15) is 0 Å². The minimum atomic E-state index is 0.896. The maximum atomic E-state index is 5.51. The van der Waals surface area contributed by atoms with Crippen LogP contribution in [-0.4, -0.2) is 7.06 Å². The van der Waals surface area contributed by atoms with E-state index in [2.05, 4.69) is 62.4 Å². The number of hydrogen-bond donors (Lipinski definition) is 0.